The van der Waals surface area contributed by atoms with Gasteiger partial charge in [0, 0.05) is 0 Å². The first-order chi connectivity index (χ1) is 6.93. The van der Waals surface area contributed by atoms with Gasteiger partial charge in [0.05, 0.1) is 12.0 Å². The van der Waals surface area contributed by atoms with E-state index in [1.165, 1.54) is 6.08 Å². The van der Waals surface area contributed by atoms with Gasteiger partial charge in [-0.3, -0.25) is 0 Å². The van der Waals surface area contributed by atoms with Gasteiger partial charge < -0.3 is 0 Å². The molecule has 1 saturated carbocycles. The summed E-state index contributed by atoms with van der Waals surface area (Å²) in [6.45, 7) is 0. The van der Waals surface area contributed by atoms with Gasteiger partial charge in [-0.05, 0) is 25.7 Å². The molecule has 0 atom stereocenters. The predicted octanol–water partition coefficient (Wildman–Crippen LogP) is 2.34. The van der Waals surface area contributed by atoms with Crippen LogP contribution in [0.5, 0.6) is 0 Å². The Hall–Kier alpha value is -1.34. The molecule has 0 aliphatic heterocycles. The largest absolute Gasteiger partial charge is 0.391 e. The Morgan fingerprint density at radius 1 is 1.33 bits per heavy atom. The third kappa shape index (κ3) is 2.57. The van der Waals surface area contributed by atoms with E-state index in [1.54, 1.807) is 6.07 Å². The highest BCUT2D eigenvalue weighted by molar-refractivity contribution is 5.37. The lowest BCUT2D eigenvalue weighted by Crippen LogP contribution is -2.36. The molecule has 1 fully saturated rings. The standard InChI is InChI=1S/C9H9F3N2O/c10-9(11,12)7-1-3-8(5-13,4-2-7)14-6-15/h7H,1-4H2. The van der Waals surface area contributed by atoms with Gasteiger partial charge in [-0.25, -0.2) is 4.79 Å². The van der Waals surface area contributed by atoms with Crippen LogP contribution in [0.2, 0.25) is 0 Å². The molecule has 6 heteroatoms. The zero-order valence-electron chi connectivity index (χ0n) is 7.84. The van der Waals surface area contributed by atoms with Crippen LogP contribution < -0.4 is 0 Å². The summed E-state index contributed by atoms with van der Waals surface area (Å²) in [7, 11) is 0. The van der Waals surface area contributed by atoms with Gasteiger partial charge in [0.1, 0.15) is 0 Å². The van der Waals surface area contributed by atoms with Gasteiger partial charge in [0.15, 0.2) is 5.54 Å². The van der Waals surface area contributed by atoms with E-state index < -0.39 is 17.6 Å². The molecule has 1 rings (SSSR count). The zero-order chi connectivity index (χ0) is 11.5. The normalized spacial score (nSPS) is 31.5. The number of isocyanates is 1. The van der Waals surface area contributed by atoms with Gasteiger partial charge in [0.2, 0.25) is 6.08 Å². The number of hydrogen-bond donors (Lipinski definition) is 0. The van der Waals surface area contributed by atoms with Crippen LogP contribution >= 0.6 is 0 Å². The maximum absolute atomic E-state index is 12.3. The molecule has 82 valence electrons. The number of rotatable bonds is 1. The second-order valence-electron chi connectivity index (χ2n) is 3.66. The summed E-state index contributed by atoms with van der Waals surface area (Å²) < 4.78 is 36.9. The van der Waals surface area contributed by atoms with Crippen molar-refractivity contribution in [3.63, 3.8) is 0 Å². The van der Waals surface area contributed by atoms with E-state index in [2.05, 4.69) is 4.99 Å². The second-order valence-corrected chi connectivity index (χ2v) is 3.66. The van der Waals surface area contributed by atoms with E-state index in [9.17, 15) is 18.0 Å². The van der Waals surface area contributed by atoms with Crippen molar-refractivity contribution in [2.75, 3.05) is 0 Å². The highest BCUT2D eigenvalue weighted by Gasteiger charge is 2.46. The fourth-order valence-corrected chi connectivity index (χ4v) is 1.76. The Balaban J connectivity index is 2.70. The molecular formula is C9H9F3N2O. The van der Waals surface area contributed by atoms with Gasteiger partial charge in [-0.2, -0.15) is 23.4 Å². The third-order valence-electron chi connectivity index (χ3n) is 2.74. The topological polar surface area (TPSA) is 53.2 Å². The van der Waals surface area contributed by atoms with Crippen molar-refractivity contribution in [3.05, 3.63) is 0 Å². The Labute approximate surface area is 84.6 Å². The Morgan fingerprint density at radius 2 is 1.87 bits per heavy atom. The first kappa shape index (κ1) is 11.7. The smallest absolute Gasteiger partial charge is 0.211 e. The average Bonchev–Trinajstić information content (AvgIpc) is 2.17. The lowest BCUT2D eigenvalue weighted by atomic mass is 9.77. The minimum Gasteiger partial charge on any atom is -0.211 e. The number of carbonyl (C=O) groups excluding carboxylic acids is 1. The summed E-state index contributed by atoms with van der Waals surface area (Å²) in [6.07, 6.45) is -3.31. The van der Waals surface area contributed by atoms with Crippen molar-refractivity contribution in [3.8, 4) is 6.07 Å². The van der Waals surface area contributed by atoms with E-state index in [-0.39, 0.29) is 25.7 Å². The van der Waals surface area contributed by atoms with E-state index in [4.69, 9.17) is 5.26 Å². The van der Waals surface area contributed by atoms with Crippen molar-refractivity contribution in [2.45, 2.75) is 37.4 Å². The van der Waals surface area contributed by atoms with E-state index in [1.807, 2.05) is 0 Å². The van der Waals surface area contributed by atoms with Crippen LogP contribution in [0, 0.1) is 17.2 Å². The summed E-state index contributed by atoms with van der Waals surface area (Å²) in [5.41, 5.74) is -1.27. The SMILES string of the molecule is N#CC1(N=C=O)CCC(C(F)(F)F)CC1. The third-order valence-corrected chi connectivity index (χ3v) is 2.74. The summed E-state index contributed by atoms with van der Waals surface area (Å²) >= 11 is 0. The highest BCUT2D eigenvalue weighted by atomic mass is 19.4. The Kier molecular flexibility index (Phi) is 3.15. The molecule has 0 amide bonds. The van der Waals surface area contributed by atoms with Crippen molar-refractivity contribution in [1.82, 2.24) is 0 Å². The molecule has 15 heavy (non-hydrogen) atoms. The Morgan fingerprint density at radius 3 is 2.20 bits per heavy atom. The molecule has 0 spiro atoms. The molecular weight excluding hydrogens is 209 g/mol. The van der Waals surface area contributed by atoms with Crippen LogP contribution in [0.3, 0.4) is 0 Å². The molecule has 0 aromatic heterocycles. The van der Waals surface area contributed by atoms with Crippen molar-refractivity contribution < 1.29 is 18.0 Å². The van der Waals surface area contributed by atoms with Crippen LogP contribution in [0.4, 0.5) is 13.2 Å². The van der Waals surface area contributed by atoms with Crippen LogP contribution in [-0.2, 0) is 4.79 Å². The van der Waals surface area contributed by atoms with E-state index >= 15 is 0 Å². The molecule has 1 aliphatic carbocycles. The van der Waals surface area contributed by atoms with Crippen molar-refractivity contribution >= 4 is 6.08 Å². The minimum atomic E-state index is -4.22. The van der Waals surface area contributed by atoms with Gasteiger partial charge in [-0.1, -0.05) is 0 Å². The number of alkyl halides is 3. The quantitative estimate of drug-likeness (QED) is 0.501. The van der Waals surface area contributed by atoms with Gasteiger partial charge in [0.25, 0.3) is 0 Å². The molecule has 1 aliphatic rings. The minimum absolute atomic E-state index is 0.0249. The number of nitriles is 1. The summed E-state index contributed by atoms with van der Waals surface area (Å²) in [6, 6.07) is 1.79. The maximum atomic E-state index is 12.3. The molecule has 0 unspecified atom stereocenters. The Bertz CT molecular complexity index is 317. The first-order valence-electron chi connectivity index (χ1n) is 4.50. The molecule has 3 nitrogen and oxygen atoms in total. The molecule has 0 N–H and O–H groups in total. The number of hydrogen-bond acceptors (Lipinski definition) is 3. The van der Waals surface area contributed by atoms with Crippen LogP contribution in [-0.4, -0.2) is 17.8 Å². The molecule has 0 bridgehead atoms. The molecule has 0 aromatic carbocycles. The molecule has 0 radical (unpaired) electrons. The lowest BCUT2D eigenvalue weighted by Gasteiger charge is -2.31. The van der Waals surface area contributed by atoms with Gasteiger partial charge in [-0.15, -0.1) is 0 Å². The highest BCUT2D eigenvalue weighted by Crippen LogP contribution is 2.42. The lowest BCUT2D eigenvalue weighted by molar-refractivity contribution is -0.183. The number of nitrogens with zero attached hydrogens (tertiary/aromatic N) is 2. The zero-order valence-corrected chi connectivity index (χ0v) is 7.84. The number of halogens is 3. The fraction of sp³-hybridized carbons (Fsp3) is 0.778. The van der Waals surface area contributed by atoms with Crippen molar-refractivity contribution in [2.24, 2.45) is 10.9 Å². The maximum Gasteiger partial charge on any atom is 0.391 e. The van der Waals surface area contributed by atoms with Crippen LogP contribution in [0.25, 0.3) is 0 Å². The second kappa shape index (κ2) is 4.03. The van der Waals surface area contributed by atoms with E-state index in [0.29, 0.717) is 0 Å². The fourth-order valence-electron chi connectivity index (χ4n) is 1.76. The van der Waals surface area contributed by atoms with Crippen molar-refractivity contribution in [1.29, 1.82) is 5.26 Å². The summed E-state index contributed by atoms with van der Waals surface area (Å²) in [5, 5.41) is 8.76. The first-order valence-corrected chi connectivity index (χ1v) is 4.50. The predicted molar refractivity (Wildman–Crippen MR) is 44.5 cm³/mol. The van der Waals surface area contributed by atoms with Crippen LogP contribution in [0.1, 0.15) is 25.7 Å². The van der Waals surface area contributed by atoms with Gasteiger partial charge >= 0.3 is 6.18 Å². The van der Waals surface area contributed by atoms with E-state index in [0.717, 1.165) is 0 Å². The summed E-state index contributed by atoms with van der Waals surface area (Å²) in [5.74, 6) is -1.37. The molecule has 0 saturated heterocycles. The van der Waals surface area contributed by atoms with Crippen LogP contribution in [0.15, 0.2) is 4.99 Å². The summed E-state index contributed by atoms with van der Waals surface area (Å²) in [4.78, 5) is 13.4. The molecule has 0 aromatic rings. The monoisotopic (exact) mass is 218 g/mol. The molecule has 0 heterocycles. The number of aliphatic imine (C=N–C) groups is 1. The average molecular weight is 218 g/mol.